The van der Waals surface area contributed by atoms with E-state index in [4.69, 9.17) is 7.85 Å². The van der Waals surface area contributed by atoms with Crippen molar-refractivity contribution >= 4 is 13.3 Å². The van der Waals surface area contributed by atoms with E-state index in [9.17, 15) is 13.2 Å². The molecule has 0 unspecified atom stereocenters. The van der Waals surface area contributed by atoms with Gasteiger partial charge in [-0.3, -0.25) is 0 Å². The van der Waals surface area contributed by atoms with Crippen molar-refractivity contribution in [2.45, 2.75) is 0 Å². The monoisotopic (exact) mass is 142 g/mol. The first kappa shape index (κ1) is 7.19. The van der Waals surface area contributed by atoms with E-state index in [0.717, 1.165) is 6.07 Å². The van der Waals surface area contributed by atoms with Crippen LogP contribution >= 0.6 is 0 Å². The molecule has 0 amide bonds. The molecule has 0 heterocycles. The highest BCUT2D eigenvalue weighted by atomic mass is 19.2. The van der Waals surface area contributed by atoms with Gasteiger partial charge in [0, 0.05) is 0 Å². The maximum Gasteiger partial charge on any atom is 0.158 e. The first-order valence-electron chi connectivity index (χ1n) is 2.52. The average molecular weight is 142 g/mol. The van der Waals surface area contributed by atoms with Crippen LogP contribution in [0.15, 0.2) is 12.1 Å². The van der Waals surface area contributed by atoms with E-state index in [1.807, 2.05) is 0 Å². The number of benzene rings is 1. The van der Waals surface area contributed by atoms with E-state index < -0.39 is 22.9 Å². The lowest BCUT2D eigenvalue weighted by Gasteiger charge is -1.97. The molecule has 0 aliphatic rings. The van der Waals surface area contributed by atoms with Crippen LogP contribution in [0.25, 0.3) is 0 Å². The van der Waals surface area contributed by atoms with Gasteiger partial charge in [0.1, 0.15) is 13.7 Å². The van der Waals surface area contributed by atoms with E-state index in [-0.39, 0.29) is 0 Å². The first-order valence-corrected chi connectivity index (χ1v) is 2.52. The summed E-state index contributed by atoms with van der Waals surface area (Å²) in [5.74, 6) is -3.42. The van der Waals surface area contributed by atoms with Gasteiger partial charge in [0.25, 0.3) is 0 Å². The summed E-state index contributed by atoms with van der Waals surface area (Å²) >= 11 is 0. The molecule has 0 saturated carbocycles. The summed E-state index contributed by atoms with van der Waals surface area (Å²) in [7, 11) is 4.79. The third kappa shape index (κ3) is 1.01. The zero-order chi connectivity index (χ0) is 7.72. The van der Waals surface area contributed by atoms with Gasteiger partial charge in [-0.2, -0.15) is 0 Å². The normalized spacial score (nSPS) is 9.90. The predicted octanol–water partition coefficient (Wildman–Crippen LogP) is 0.898. The van der Waals surface area contributed by atoms with E-state index >= 15 is 0 Å². The molecule has 1 aromatic carbocycles. The standard InChI is InChI=1S/C6H2BF3/c7-5-3(8)1-2-4(9)6(5)10/h1-2H. The molecule has 0 spiro atoms. The zero-order valence-corrected chi connectivity index (χ0v) is 4.87. The molecule has 0 fully saturated rings. The fourth-order valence-electron chi connectivity index (χ4n) is 0.543. The third-order valence-electron chi connectivity index (χ3n) is 1.08. The fourth-order valence-corrected chi connectivity index (χ4v) is 0.543. The van der Waals surface area contributed by atoms with Crippen LogP contribution in [0.3, 0.4) is 0 Å². The molecular weight excluding hydrogens is 140 g/mol. The Morgan fingerprint density at radius 1 is 1.00 bits per heavy atom. The molecule has 0 aliphatic heterocycles. The van der Waals surface area contributed by atoms with Crippen molar-refractivity contribution in [2.75, 3.05) is 0 Å². The minimum Gasteiger partial charge on any atom is -0.208 e. The third-order valence-corrected chi connectivity index (χ3v) is 1.08. The van der Waals surface area contributed by atoms with Crippen molar-refractivity contribution < 1.29 is 13.2 Å². The summed E-state index contributed by atoms with van der Waals surface area (Å²) < 4.78 is 36.6. The molecule has 0 saturated heterocycles. The molecule has 0 aliphatic carbocycles. The van der Waals surface area contributed by atoms with E-state index in [1.54, 1.807) is 0 Å². The molecule has 10 heavy (non-hydrogen) atoms. The minimum absolute atomic E-state index is 0.682. The summed E-state index contributed by atoms with van der Waals surface area (Å²) in [4.78, 5) is 0. The average Bonchev–Trinajstić information content (AvgIpc) is 1.93. The van der Waals surface area contributed by atoms with Crippen LogP contribution in [0.2, 0.25) is 0 Å². The van der Waals surface area contributed by atoms with Crippen LogP contribution in [0.4, 0.5) is 13.2 Å². The zero-order valence-electron chi connectivity index (χ0n) is 4.87. The second kappa shape index (κ2) is 2.36. The summed E-state index contributed by atoms with van der Waals surface area (Å²) in [5.41, 5.74) is -0.778. The van der Waals surface area contributed by atoms with Gasteiger partial charge in [-0.1, -0.05) is 0 Å². The smallest absolute Gasteiger partial charge is 0.158 e. The van der Waals surface area contributed by atoms with Crippen molar-refractivity contribution in [3.63, 3.8) is 0 Å². The van der Waals surface area contributed by atoms with E-state index in [1.165, 1.54) is 0 Å². The number of hydrogen-bond donors (Lipinski definition) is 0. The second-order valence-electron chi connectivity index (χ2n) is 1.76. The van der Waals surface area contributed by atoms with Crippen LogP contribution in [-0.2, 0) is 0 Å². The first-order chi connectivity index (χ1) is 4.63. The maximum atomic E-state index is 12.3. The van der Waals surface area contributed by atoms with Crippen LogP contribution in [0, 0.1) is 17.5 Å². The van der Waals surface area contributed by atoms with Gasteiger partial charge in [0.05, 0.1) is 0 Å². The molecular formula is C6H2BF3. The highest BCUT2D eigenvalue weighted by Gasteiger charge is 2.07. The van der Waals surface area contributed by atoms with Gasteiger partial charge in [-0.05, 0) is 17.6 Å². The van der Waals surface area contributed by atoms with Crippen molar-refractivity contribution in [3.8, 4) is 0 Å². The quantitative estimate of drug-likeness (QED) is 0.372. The molecule has 1 aromatic rings. The molecule has 0 nitrogen and oxygen atoms in total. The topological polar surface area (TPSA) is 0 Å². The lowest BCUT2D eigenvalue weighted by Crippen LogP contribution is -2.15. The van der Waals surface area contributed by atoms with Gasteiger partial charge in [0.15, 0.2) is 11.6 Å². The SMILES string of the molecule is [B]c1c(F)ccc(F)c1F. The summed E-state index contributed by atoms with van der Waals surface area (Å²) in [6.45, 7) is 0. The summed E-state index contributed by atoms with van der Waals surface area (Å²) in [6, 6.07) is 1.45. The lowest BCUT2D eigenvalue weighted by atomic mass is 9.95. The molecule has 4 heteroatoms. The highest BCUT2D eigenvalue weighted by Crippen LogP contribution is 2.02. The van der Waals surface area contributed by atoms with Gasteiger partial charge in [-0.25, -0.2) is 13.2 Å². The van der Waals surface area contributed by atoms with Crippen molar-refractivity contribution in [2.24, 2.45) is 0 Å². The van der Waals surface area contributed by atoms with Crippen molar-refractivity contribution in [3.05, 3.63) is 29.6 Å². The van der Waals surface area contributed by atoms with Gasteiger partial charge >= 0.3 is 0 Å². The maximum absolute atomic E-state index is 12.3. The molecule has 0 bridgehead atoms. The van der Waals surface area contributed by atoms with Gasteiger partial charge in [-0.15, -0.1) is 0 Å². The number of rotatable bonds is 0. The molecule has 1 rings (SSSR count). The number of halogens is 3. The fraction of sp³-hybridized carbons (Fsp3) is 0. The van der Waals surface area contributed by atoms with Crippen LogP contribution in [0.1, 0.15) is 0 Å². The van der Waals surface area contributed by atoms with Crippen LogP contribution in [0.5, 0.6) is 0 Å². The summed E-state index contributed by atoms with van der Waals surface area (Å²) in [6.07, 6.45) is 0. The molecule has 0 atom stereocenters. The Balaban J connectivity index is 3.34. The van der Waals surface area contributed by atoms with E-state index in [0.29, 0.717) is 6.07 Å². The lowest BCUT2D eigenvalue weighted by molar-refractivity contribution is 0.503. The van der Waals surface area contributed by atoms with Gasteiger partial charge < -0.3 is 0 Å². The van der Waals surface area contributed by atoms with Crippen LogP contribution in [-0.4, -0.2) is 7.85 Å². The Bertz CT molecular complexity index is 232. The van der Waals surface area contributed by atoms with Crippen LogP contribution < -0.4 is 5.46 Å². The Hall–Kier alpha value is -0.925. The van der Waals surface area contributed by atoms with E-state index in [2.05, 4.69) is 0 Å². The van der Waals surface area contributed by atoms with Crippen molar-refractivity contribution in [1.82, 2.24) is 0 Å². The Morgan fingerprint density at radius 3 is 2.00 bits per heavy atom. The molecule has 0 N–H and O–H groups in total. The largest absolute Gasteiger partial charge is 0.208 e. The van der Waals surface area contributed by atoms with Crippen molar-refractivity contribution in [1.29, 1.82) is 0 Å². The Morgan fingerprint density at radius 2 is 1.50 bits per heavy atom. The highest BCUT2D eigenvalue weighted by molar-refractivity contribution is 6.32. The summed E-state index contributed by atoms with van der Waals surface area (Å²) in [5, 5.41) is 0. The predicted molar refractivity (Wildman–Crippen MR) is 31.7 cm³/mol. The minimum atomic E-state index is -1.33. The Labute approximate surface area is 57.1 Å². The molecule has 0 aromatic heterocycles. The second-order valence-corrected chi connectivity index (χ2v) is 1.76. The molecule has 50 valence electrons. The van der Waals surface area contributed by atoms with Gasteiger partial charge in [0.2, 0.25) is 0 Å². The Kier molecular flexibility index (Phi) is 1.70. The molecule has 2 radical (unpaired) electrons. The number of hydrogen-bond acceptors (Lipinski definition) is 0.